The van der Waals surface area contributed by atoms with Crippen molar-refractivity contribution < 1.29 is 24.2 Å². The summed E-state index contributed by atoms with van der Waals surface area (Å²) < 4.78 is 9.98. The standard InChI is InChI=1S/C10H18O5/c1-10(2,14-3)6-7-15-9(13)5-4-8(11)12/h4-7H2,1-3H3,(H,11,12). The first-order valence-corrected chi connectivity index (χ1v) is 4.80. The maximum Gasteiger partial charge on any atom is 0.306 e. The smallest absolute Gasteiger partial charge is 0.306 e. The highest BCUT2D eigenvalue weighted by Crippen LogP contribution is 2.12. The lowest BCUT2D eigenvalue weighted by Gasteiger charge is -2.22. The minimum atomic E-state index is -0.996. The van der Waals surface area contributed by atoms with E-state index in [1.54, 1.807) is 7.11 Å². The van der Waals surface area contributed by atoms with Gasteiger partial charge in [0.2, 0.25) is 0 Å². The van der Waals surface area contributed by atoms with E-state index >= 15 is 0 Å². The second-order valence-electron chi connectivity index (χ2n) is 3.83. The van der Waals surface area contributed by atoms with Crippen LogP contribution in [-0.4, -0.2) is 36.4 Å². The number of methoxy groups -OCH3 is 1. The molecule has 0 fully saturated rings. The Morgan fingerprint density at radius 3 is 2.33 bits per heavy atom. The molecule has 88 valence electrons. The van der Waals surface area contributed by atoms with E-state index in [2.05, 4.69) is 0 Å². The molecule has 5 nitrogen and oxygen atoms in total. The zero-order valence-electron chi connectivity index (χ0n) is 9.41. The van der Waals surface area contributed by atoms with Crippen molar-refractivity contribution >= 4 is 11.9 Å². The van der Waals surface area contributed by atoms with Crippen molar-refractivity contribution in [3.63, 3.8) is 0 Å². The van der Waals surface area contributed by atoms with Gasteiger partial charge in [0.05, 0.1) is 25.0 Å². The van der Waals surface area contributed by atoms with E-state index in [-0.39, 0.29) is 25.0 Å². The molecule has 0 radical (unpaired) electrons. The van der Waals surface area contributed by atoms with Crippen molar-refractivity contribution in [2.24, 2.45) is 0 Å². The zero-order chi connectivity index (χ0) is 11.9. The molecule has 0 atom stereocenters. The Morgan fingerprint density at radius 1 is 1.27 bits per heavy atom. The Hall–Kier alpha value is -1.10. The molecule has 0 aliphatic heterocycles. The first-order chi connectivity index (χ1) is 6.87. The molecule has 0 aliphatic carbocycles. The predicted octanol–water partition coefficient (Wildman–Crippen LogP) is 1.21. The van der Waals surface area contributed by atoms with Gasteiger partial charge in [-0.1, -0.05) is 0 Å². The van der Waals surface area contributed by atoms with Gasteiger partial charge >= 0.3 is 11.9 Å². The number of carboxylic acid groups (broad SMARTS) is 1. The van der Waals surface area contributed by atoms with Crippen LogP contribution in [-0.2, 0) is 19.1 Å². The first kappa shape index (κ1) is 13.9. The average Bonchev–Trinajstić information content (AvgIpc) is 2.14. The Balaban J connectivity index is 3.59. The van der Waals surface area contributed by atoms with Crippen LogP contribution in [0.25, 0.3) is 0 Å². The van der Waals surface area contributed by atoms with Gasteiger partial charge in [-0.2, -0.15) is 0 Å². The Bertz CT molecular complexity index is 222. The summed E-state index contributed by atoms with van der Waals surface area (Å²) >= 11 is 0. The summed E-state index contributed by atoms with van der Waals surface area (Å²) in [6.45, 7) is 4.02. The molecule has 0 aromatic carbocycles. The van der Waals surface area contributed by atoms with Crippen molar-refractivity contribution in [3.8, 4) is 0 Å². The Morgan fingerprint density at radius 2 is 1.87 bits per heavy atom. The van der Waals surface area contributed by atoms with Gasteiger partial charge in [0.25, 0.3) is 0 Å². The molecular weight excluding hydrogens is 200 g/mol. The van der Waals surface area contributed by atoms with E-state index in [0.29, 0.717) is 6.42 Å². The third-order valence-electron chi connectivity index (χ3n) is 2.06. The van der Waals surface area contributed by atoms with Crippen LogP contribution < -0.4 is 0 Å². The van der Waals surface area contributed by atoms with Crippen LogP contribution in [0.5, 0.6) is 0 Å². The lowest BCUT2D eigenvalue weighted by atomic mass is 10.1. The van der Waals surface area contributed by atoms with Gasteiger partial charge in [0.1, 0.15) is 0 Å². The Labute approximate surface area is 89.4 Å². The molecule has 0 saturated carbocycles. The molecule has 15 heavy (non-hydrogen) atoms. The second-order valence-corrected chi connectivity index (χ2v) is 3.83. The number of carboxylic acids is 1. The van der Waals surface area contributed by atoms with Gasteiger partial charge in [-0.3, -0.25) is 9.59 Å². The van der Waals surface area contributed by atoms with E-state index in [1.165, 1.54) is 0 Å². The molecule has 0 amide bonds. The highest BCUT2D eigenvalue weighted by atomic mass is 16.5. The molecule has 5 heteroatoms. The fourth-order valence-electron chi connectivity index (χ4n) is 0.794. The summed E-state index contributed by atoms with van der Waals surface area (Å²) in [5.74, 6) is -1.48. The van der Waals surface area contributed by atoms with Gasteiger partial charge in [-0.25, -0.2) is 0 Å². The van der Waals surface area contributed by atoms with Crippen LogP contribution in [0.15, 0.2) is 0 Å². The maximum absolute atomic E-state index is 11.0. The van der Waals surface area contributed by atoms with Gasteiger partial charge < -0.3 is 14.6 Å². The Kier molecular flexibility index (Phi) is 5.93. The fourth-order valence-corrected chi connectivity index (χ4v) is 0.794. The number of hydrogen-bond acceptors (Lipinski definition) is 4. The van der Waals surface area contributed by atoms with Gasteiger partial charge in [0.15, 0.2) is 0 Å². The number of hydrogen-bond donors (Lipinski definition) is 1. The summed E-state index contributed by atoms with van der Waals surface area (Å²) in [5.41, 5.74) is -0.326. The number of carbonyl (C=O) groups excluding carboxylic acids is 1. The summed E-state index contributed by atoms with van der Waals surface area (Å²) in [7, 11) is 1.59. The topological polar surface area (TPSA) is 72.8 Å². The fraction of sp³-hybridized carbons (Fsp3) is 0.800. The molecule has 0 unspecified atom stereocenters. The lowest BCUT2D eigenvalue weighted by molar-refractivity contribution is -0.148. The quantitative estimate of drug-likeness (QED) is 0.650. The minimum absolute atomic E-state index is 0.0806. The predicted molar refractivity (Wildman–Crippen MR) is 53.5 cm³/mol. The van der Waals surface area contributed by atoms with Crippen molar-refractivity contribution in [2.75, 3.05) is 13.7 Å². The second kappa shape index (κ2) is 6.40. The van der Waals surface area contributed by atoms with Crippen LogP contribution in [0.1, 0.15) is 33.1 Å². The summed E-state index contributed by atoms with van der Waals surface area (Å²) in [5, 5.41) is 8.33. The molecule has 0 aromatic rings. The maximum atomic E-state index is 11.0. The molecule has 0 aromatic heterocycles. The minimum Gasteiger partial charge on any atom is -0.481 e. The van der Waals surface area contributed by atoms with Crippen LogP contribution >= 0.6 is 0 Å². The summed E-state index contributed by atoms with van der Waals surface area (Å²) in [6.07, 6.45) is 0.317. The van der Waals surface area contributed by atoms with Crippen molar-refractivity contribution in [2.45, 2.75) is 38.7 Å². The van der Waals surface area contributed by atoms with Crippen LogP contribution in [0.2, 0.25) is 0 Å². The molecule has 0 rings (SSSR count). The molecule has 0 heterocycles. The SMILES string of the molecule is COC(C)(C)CCOC(=O)CCC(=O)O. The molecular formula is C10H18O5. The van der Waals surface area contributed by atoms with E-state index < -0.39 is 11.9 Å². The van der Waals surface area contributed by atoms with Gasteiger partial charge in [0, 0.05) is 13.5 Å². The highest BCUT2D eigenvalue weighted by molar-refractivity contribution is 5.76. The monoisotopic (exact) mass is 218 g/mol. The molecule has 0 bridgehead atoms. The third-order valence-corrected chi connectivity index (χ3v) is 2.06. The van der Waals surface area contributed by atoms with Crippen LogP contribution in [0, 0.1) is 0 Å². The number of esters is 1. The number of rotatable bonds is 7. The molecule has 1 N–H and O–H groups in total. The van der Waals surface area contributed by atoms with Crippen molar-refractivity contribution in [3.05, 3.63) is 0 Å². The zero-order valence-corrected chi connectivity index (χ0v) is 9.41. The van der Waals surface area contributed by atoms with E-state index in [1.807, 2.05) is 13.8 Å². The molecule has 0 saturated heterocycles. The highest BCUT2D eigenvalue weighted by Gasteiger charge is 2.17. The normalized spacial score (nSPS) is 11.1. The van der Waals surface area contributed by atoms with Crippen LogP contribution in [0.3, 0.4) is 0 Å². The number of carbonyl (C=O) groups is 2. The number of aliphatic carboxylic acids is 1. The van der Waals surface area contributed by atoms with Crippen molar-refractivity contribution in [1.82, 2.24) is 0 Å². The molecule has 0 spiro atoms. The third kappa shape index (κ3) is 7.93. The van der Waals surface area contributed by atoms with E-state index in [4.69, 9.17) is 14.6 Å². The van der Waals surface area contributed by atoms with Crippen LogP contribution in [0.4, 0.5) is 0 Å². The first-order valence-electron chi connectivity index (χ1n) is 4.80. The summed E-state index contributed by atoms with van der Waals surface area (Å²) in [4.78, 5) is 21.2. The van der Waals surface area contributed by atoms with Gasteiger partial charge in [-0.05, 0) is 13.8 Å². The lowest BCUT2D eigenvalue weighted by Crippen LogP contribution is -2.25. The molecule has 0 aliphatic rings. The average molecular weight is 218 g/mol. The van der Waals surface area contributed by atoms with Crippen molar-refractivity contribution in [1.29, 1.82) is 0 Å². The van der Waals surface area contributed by atoms with Gasteiger partial charge in [-0.15, -0.1) is 0 Å². The largest absolute Gasteiger partial charge is 0.481 e. The number of ether oxygens (including phenoxy) is 2. The van der Waals surface area contributed by atoms with E-state index in [0.717, 1.165) is 0 Å². The summed E-state index contributed by atoms with van der Waals surface area (Å²) in [6, 6.07) is 0. The van der Waals surface area contributed by atoms with E-state index in [9.17, 15) is 9.59 Å².